The van der Waals surface area contributed by atoms with E-state index in [4.69, 9.17) is 0 Å². The topological polar surface area (TPSA) is 80.9 Å². The van der Waals surface area contributed by atoms with Crippen LogP contribution in [0.2, 0.25) is 0 Å². The van der Waals surface area contributed by atoms with Crippen LogP contribution in [0.5, 0.6) is 0 Å². The molecule has 7 heteroatoms. The highest BCUT2D eigenvalue weighted by molar-refractivity contribution is 5.43. The monoisotopic (exact) mass is 227 g/mol. The highest BCUT2D eigenvalue weighted by Gasteiger charge is 2.02. The van der Waals surface area contributed by atoms with Crippen molar-refractivity contribution in [1.29, 1.82) is 0 Å². The van der Waals surface area contributed by atoms with Crippen molar-refractivity contribution in [3.63, 3.8) is 0 Å². The molecule has 0 spiro atoms. The van der Waals surface area contributed by atoms with Gasteiger partial charge in [-0.25, -0.2) is 0 Å². The van der Waals surface area contributed by atoms with Gasteiger partial charge in [-0.1, -0.05) is 0 Å². The first-order valence-electron chi connectivity index (χ1n) is 5.08. The lowest BCUT2D eigenvalue weighted by atomic mass is 10.3. The summed E-state index contributed by atoms with van der Waals surface area (Å²) in [5.74, 6) is 0.754. The van der Waals surface area contributed by atoms with Gasteiger partial charge in [0.1, 0.15) is 0 Å². The second-order valence-corrected chi connectivity index (χ2v) is 3.45. The molecule has 0 aliphatic heterocycles. The Morgan fingerprint density at radius 3 is 2.88 bits per heavy atom. The third-order valence-corrected chi connectivity index (χ3v) is 2.33. The van der Waals surface area contributed by atoms with E-state index in [1.807, 2.05) is 12.1 Å². The lowest BCUT2D eigenvalue weighted by Gasteiger charge is -2.06. The summed E-state index contributed by atoms with van der Waals surface area (Å²) < 4.78 is 1.61. The Kier molecular flexibility index (Phi) is 2.34. The summed E-state index contributed by atoms with van der Waals surface area (Å²) >= 11 is 0. The van der Waals surface area contributed by atoms with E-state index in [1.54, 1.807) is 29.3 Å². The van der Waals surface area contributed by atoms with Crippen LogP contribution in [0.1, 0.15) is 5.56 Å². The van der Waals surface area contributed by atoms with Crippen LogP contribution >= 0.6 is 0 Å². The molecule has 0 atom stereocenters. The second kappa shape index (κ2) is 4.12. The van der Waals surface area contributed by atoms with Gasteiger partial charge in [0.2, 0.25) is 0 Å². The molecule has 84 valence electrons. The first-order valence-corrected chi connectivity index (χ1v) is 5.08. The first kappa shape index (κ1) is 9.64. The molecule has 0 aliphatic carbocycles. The zero-order valence-corrected chi connectivity index (χ0v) is 8.85. The SMILES string of the molecule is c1cc(CNc2cncc3nnnn23)ccn1. The summed E-state index contributed by atoms with van der Waals surface area (Å²) in [7, 11) is 0. The summed E-state index contributed by atoms with van der Waals surface area (Å²) in [5.41, 5.74) is 1.75. The number of anilines is 1. The Balaban J connectivity index is 1.84. The molecule has 0 unspecified atom stereocenters. The fraction of sp³-hybridized carbons (Fsp3) is 0.100. The molecule has 7 nitrogen and oxygen atoms in total. The van der Waals surface area contributed by atoms with Gasteiger partial charge in [0.05, 0.1) is 12.4 Å². The maximum Gasteiger partial charge on any atom is 0.199 e. The minimum atomic E-state index is 0.615. The molecule has 0 aromatic carbocycles. The zero-order chi connectivity index (χ0) is 11.5. The summed E-state index contributed by atoms with van der Waals surface area (Å²) in [6, 6.07) is 3.89. The van der Waals surface area contributed by atoms with Crippen LogP contribution in [0, 0.1) is 0 Å². The highest BCUT2D eigenvalue weighted by atomic mass is 15.5. The van der Waals surface area contributed by atoms with E-state index in [0.717, 1.165) is 11.4 Å². The largest absolute Gasteiger partial charge is 0.365 e. The summed E-state index contributed by atoms with van der Waals surface area (Å²) in [6.45, 7) is 0.670. The number of tetrazole rings is 1. The summed E-state index contributed by atoms with van der Waals surface area (Å²) in [4.78, 5) is 8.02. The minimum Gasteiger partial charge on any atom is -0.365 e. The molecule has 17 heavy (non-hydrogen) atoms. The number of rotatable bonds is 3. The van der Waals surface area contributed by atoms with E-state index in [-0.39, 0.29) is 0 Å². The van der Waals surface area contributed by atoms with Crippen molar-refractivity contribution >= 4 is 11.5 Å². The number of aromatic nitrogens is 6. The van der Waals surface area contributed by atoms with Crippen LogP contribution in [-0.2, 0) is 6.54 Å². The van der Waals surface area contributed by atoms with E-state index in [0.29, 0.717) is 12.2 Å². The third-order valence-electron chi connectivity index (χ3n) is 2.33. The van der Waals surface area contributed by atoms with Gasteiger partial charge in [0.15, 0.2) is 11.5 Å². The fourth-order valence-corrected chi connectivity index (χ4v) is 1.49. The summed E-state index contributed by atoms with van der Waals surface area (Å²) in [6.07, 6.45) is 6.81. The maximum atomic E-state index is 4.06. The van der Waals surface area contributed by atoms with Crippen molar-refractivity contribution in [2.45, 2.75) is 6.54 Å². The molecule has 0 bridgehead atoms. The van der Waals surface area contributed by atoms with Crippen molar-refractivity contribution in [3.8, 4) is 0 Å². The Hall–Kier alpha value is -2.57. The number of nitrogens with one attached hydrogen (secondary N) is 1. The van der Waals surface area contributed by atoms with E-state index >= 15 is 0 Å². The van der Waals surface area contributed by atoms with Crippen molar-refractivity contribution in [2.75, 3.05) is 5.32 Å². The molecule has 3 aromatic rings. The van der Waals surface area contributed by atoms with E-state index in [9.17, 15) is 0 Å². The Morgan fingerprint density at radius 2 is 2.00 bits per heavy atom. The molecule has 1 N–H and O–H groups in total. The van der Waals surface area contributed by atoms with Crippen LogP contribution in [0.25, 0.3) is 5.65 Å². The van der Waals surface area contributed by atoms with Crippen LogP contribution in [-0.4, -0.2) is 30.0 Å². The van der Waals surface area contributed by atoms with Gasteiger partial charge in [-0.3, -0.25) is 9.97 Å². The standard InChI is InChI=1S/C10H9N7/c1-3-11-4-2-8(1)5-13-9-6-12-7-10-14-15-16-17(9)10/h1-4,6-7,13H,5H2. The molecular formula is C10H9N7. The van der Waals surface area contributed by atoms with Crippen molar-refractivity contribution < 1.29 is 0 Å². The lowest BCUT2D eigenvalue weighted by Crippen LogP contribution is -2.05. The number of hydrogen-bond donors (Lipinski definition) is 1. The molecule has 0 saturated carbocycles. The third kappa shape index (κ3) is 1.89. The van der Waals surface area contributed by atoms with Gasteiger partial charge >= 0.3 is 0 Å². The number of pyridine rings is 1. The number of nitrogens with zero attached hydrogens (tertiary/aromatic N) is 6. The van der Waals surface area contributed by atoms with Crippen molar-refractivity contribution in [2.24, 2.45) is 0 Å². The van der Waals surface area contributed by atoms with Gasteiger partial charge in [-0.2, -0.15) is 4.52 Å². The van der Waals surface area contributed by atoms with Crippen LogP contribution in [0.4, 0.5) is 5.82 Å². The molecule has 0 saturated heterocycles. The average Bonchev–Trinajstić information content (AvgIpc) is 2.86. The van der Waals surface area contributed by atoms with Crippen molar-refractivity contribution in [1.82, 2.24) is 30.0 Å². The van der Waals surface area contributed by atoms with E-state index in [2.05, 4.69) is 30.8 Å². The predicted molar refractivity (Wildman–Crippen MR) is 60.1 cm³/mol. The second-order valence-electron chi connectivity index (χ2n) is 3.45. The number of hydrogen-bond acceptors (Lipinski definition) is 6. The van der Waals surface area contributed by atoms with Crippen LogP contribution < -0.4 is 5.32 Å². The van der Waals surface area contributed by atoms with Gasteiger partial charge in [0, 0.05) is 18.9 Å². The fourth-order valence-electron chi connectivity index (χ4n) is 1.49. The molecule has 3 heterocycles. The predicted octanol–water partition coefficient (Wildman–Crippen LogP) is 0.526. The number of fused-ring (bicyclic) bond motifs is 1. The Labute approximate surface area is 96.5 Å². The van der Waals surface area contributed by atoms with E-state index < -0.39 is 0 Å². The zero-order valence-electron chi connectivity index (χ0n) is 8.85. The maximum absolute atomic E-state index is 4.06. The normalized spacial score (nSPS) is 10.6. The Morgan fingerprint density at radius 1 is 1.12 bits per heavy atom. The molecule has 0 fully saturated rings. The first-order chi connectivity index (χ1) is 8.43. The van der Waals surface area contributed by atoms with Crippen LogP contribution in [0.3, 0.4) is 0 Å². The lowest BCUT2D eigenvalue weighted by molar-refractivity contribution is 0.819. The minimum absolute atomic E-state index is 0.615. The average molecular weight is 227 g/mol. The highest BCUT2D eigenvalue weighted by Crippen LogP contribution is 2.07. The van der Waals surface area contributed by atoms with Gasteiger partial charge < -0.3 is 5.32 Å². The smallest absolute Gasteiger partial charge is 0.199 e. The molecular weight excluding hydrogens is 218 g/mol. The van der Waals surface area contributed by atoms with Gasteiger partial charge in [-0.15, -0.1) is 5.10 Å². The summed E-state index contributed by atoms with van der Waals surface area (Å²) in [5, 5.41) is 14.5. The van der Waals surface area contributed by atoms with E-state index in [1.165, 1.54) is 0 Å². The molecule has 0 amide bonds. The van der Waals surface area contributed by atoms with Crippen LogP contribution in [0.15, 0.2) is 36.9 Å². The quantitative estimate of drug-likeness (QED) is 0.702. The molecule has 0 radical (unpaired) electrons. The Bertz CT molecular complexity index is 619. The van der Waals surface area contributed by atoms with Gasteiger partial charge in [-0.05, 0) is 28.1 Å². The van der Waals surface area contributed by atoms with Crippen molar-refractivity contribution in [3.05, 3.63) is 42.5 Å². The molecule has 0 aliphatic rings. The van der Waals surface area contributed by atoms with Gasteiger partial charge in [0.25, 0.3) is 0 Å². The molecule has 3 rings (SSSR count). The molecule has 3 aromatic heterocycles.